The molecular weight excluding hydrogens is 410 g/mol. The minimum Gasteiger partial charge on any atom is -0.473 e. The predicted molar refractivity (Wildman–Crippen MR) is 94.9 cm³/mol. The maximum Gasteiger partial charge on any atom is 0.416 e. The molecule has 3 aromatic rings. The molecule has 3 rings (SSSR count). The second-order valence-electron chi connectivity index (χ2n) is 6.14. The molecule has 0 fully saturated rings. The van der Waals surface area contributed by atoms with Crippen LogP contribution < -0.4 is 10.1 Å². The average Bonchev–Trinajstić information content (AvgIpc) is 3.19. The molecule has 1 aromatic carbocycles. The number of nitrogens with zero attached hydrogens (tertiary/aromatic N) is 2. The Balaban J connectivity index is 1.57. The van der Waals surface area contributed by atoms with Gasteiger partial charge in [-0.3, -0.25) is 4.79 Å². The van der Waals surface area contributed by atoms with E-state index in [1.54, 1.807) is 0 Å². The molecule has 2 heterocycles. The van der Waals surface area contributed by atoms with Crippen LogP contribution in [-0.4, -0.2) is 40.0 Å². The van der Waals surface area contributed by atoms with Crippen molar-refractivity contribution in [2.45, 2.75) is 18.9 Å². The molecule has 1 atom stereocenters. The van der Waals surface area contributed by atoms with Crippen molar-refractivity contribution >= 4 is 5.91 Å². The molecule has 30 heavy (non-hydrogen) atoms. The number of nitrogens with one attached hydrogen (secondary N) is 1. The summed E-state index contributed by atoms with van der Waals surface area (Å²) >= 11 is 0. The number of benzene rings is 1. The van der Waals surface area contributed by atoms with Gasteiger partial charge in [0.1, 0.15) is 24.4 Å². The number of ether oxygens (including phenoxy) is 1. The molecule has 7 nitrogen and oxygen atoms in total. The number of halogens is 4. The van der Waals surface area contributed by atoms with Crippen molar-refractivity contribution in [3.63, 3.8) is 0 Å². The van der Waals surface area contributed by atoms with Gasteiger partial charge in [0.2, 0.25) is 5.88 Å². The maximum atomic E-state index is 13.1. The zero-order chi connectivity index (χ0) is 21.7. The molecule has 158 valence electrons. The van der Waals surface area contributed by atoms with Crippen LogP contribution >= 0.6 is 0 Å². The quantitative estimate of drug-likeness (QED) is 0.565. The minimum absolute atomic E-state index is 0.00583. The molecule has 1 amide bonds. The number of hydrogen-bond donors (Lipinski definition) is 2. The number of amides is 1. The molecule has 0 spiro atoms. The first-order valence-electron chi connectivity index (χ1n) is 8.55. The third kappa shape index (κ3) is 5.32. The normalized spacial score (nSPS) is 12.4. The van der Waals surface area contributed by atoms with E-state index in [1.165, 1.54) is 42.7 Å². The monoisotopic (exact) mass is 425 g/mol. The Labute approximate surface area is 167 Å². The van der Waals surface area contributed by atoms with E-state index >= 15 is 0 Å². The van der Waals surface area contributed by atoms with Gasteiger partial charge in [-0.15, -0.1) is 0 Å². The van der Waals surface area contributed by atoms with Crippen molar-refractivity contribution in [2.75, 3.05) is 6.54 Å². The van der Waals surface area contributed by atoms with E-state index in [2.05, 4.69) is 10.1 Å². The standard InChI is InChI=1S/C19H15F4N3O4/c20-14-4-1-11(2-5-14)17-13(10-30-26-17)9-29-16-6-3-12(7-24-16)18(28)25-8-15(27)19(21,22)23/h1-7,10,15,27H,8-9H2,(H,25,28). The van der Waals surface area contributed by atoms with Crippen molar-refractivity contribution in [2.24, 2.45) is 0 Å². The highest BCUT2D eigenvalue weighted by Crippen LogP contribution is 2.24. The fraction of sp³-hybridized carbons (Fsp3) is 0.211. The van der Waals surface area contributed by atoms with Crippen LogP contribution in [0.15, 0.2) is 53.4 Å². The Morgan fingerprint density at radius 1 is 1.20 bits per heavy atom. The van der Waals surface area contributed by atoms with Crippen LogP contribution in [0.4, 0.5) is 17.6 Å². The summed E-state index contributed by atoms with van der Waals surface area (Å²) in [6.07, 6.45) is -4.99. The van der Waals surface area contributed by atoms with Gasteiger partial charge in [-0.05, 0) is 30.3 Å². The third-order valence-electron chi connectivity index (χ3n) is 3.97. The highest BCUT2D eigenvalue weighted by atomic mass is 19.4. The lowest BCUT2D eigenvalue weighted by Gasteiger charge is -2.15. The van der Waals surface area contributed by atoms with Gasteiger partial charge >= 0.3 is 6.18 Å². The lowest BCUT2D eigenvalue weighted by Crippen LogP contribution is -2.40. The largest absolute Gasteiger partial charge is 0.473 e. The van der Waals surface area contributed by atoms with Crippen LogP contribution in [0, 0.1) is 5.82 Å². The first-order valence-corrected chi connectivity index (χ1v) is 8.55. The minimum atomic E-state index is -4.82. The zero-order valence-electron chi connectivity index (χ0n) is 15.2. The molecule has 0 aliphatic rings. The Morgan fingerprint density at radius 2 is 1.93 bits per heavy atom. The Hall–Kier alpha value is -3.47. The number of aromatic nitrogens is 2. The summed E-state index contributed by atoms with van der Waals surface area (Å²) in [6, 6.07) is 8.32. The van der Waals surface area contributed by atoms with Gasteiger partial charge in [0.25, 0.3) is 5.91 Å². The number of aliphatic hydroxyl groups is 1. The predicted octanol–water partition coefficient (Wildman–Crippen LogP) is 3.11. The van der Waals surface area contributed by atoms with Gasteiger partial charge in [0.15, 0.2) is 6.10 Å². The van der Waals surface area contributed by atoms with E-state index in [0.29, 0.717) is 16.8 Å². The van der Waals surface area contributed by atoms with E-state index < -0.39 is 24.7 Å². The average molecular weight is 425 g/mol. The summed E-state index contributed by atoms with van der Waals surface area (Å²) in [6.45, 7) is -0.952. The molecule has 0 radical (unpaired) electrons. The first-order chi connectivity index (χ1) is 14.2. The van der Waals surface area contributed by atoms with Gasteiger partial charge in [0, 0.05) is 17.8 Å². The molecule has 11 heteroatoms. The zero-order valence-corrected chi connectivity index (χ0v) is 15.2. The molecule has 2 N–H and O–H groups in total. The smallest absolute Gasteiger partial charge is 0.416 e. The van der Waals surface area contributed by atoms with Gasteiger partial charge in [0.05, 0.1) is 17.7 Å². The van der Waals surface area contributed by atoms with E-state index in [9.17, 15) is 22.4 Å². The summed E-state index contributed by atoms with van der Waals surface area (Å²) in [5, 5.41) is 14.7. The summed E-state index contributed by atoms with van der Waals surface area (Å²) in [7, 11) is 0. The molecule has 1 unspecified atom stereocenters. The van der Waals surface area contributed by atoms with Crippen molar-refractivity contribution in [1.29, 1.82) is 0 Å². The number of carbonyl (C=O) groups excluding carboxylic acids is 1. The van der Waals surface area contributed by atoms with Crippen LogP contribution in [-0.2, 0) is 6.61 Å². The SMILES string of the molecule is O=C(NCC(O)C(F)(F)F)c1ccc(OCc2conc2-c2ccc(F)cc2)nc1. The van der Waals surface area contributed by atoms with Crippen molar-refractivity contribution in [1.82, 2.24) is 15.5 Å². The van der Waals surface area contributed by atoms with Crippen LogP contribution in [0.3, 0.4) is 0 Å². The van der Waals surface area contributed by atoms with E-state index in [0.717, 1.165) is 6.20 Å². The highest BCUT2D eigenvalue weighted by Gasteiger charge is 2.38. The molecule has 0 saturated carbocycles. The highest BCUT2D eigenvalue weighted by molar-refractivity contribution is 5.93. The number of pyridine rings is 1. The number of carbonyl (C=O) groups is 1. The molecule has 0 aliphatic heterocycles. The van der Waals surface area contributed by atoms with Crippen molar-refractivity contribution < 1.29 is 36.7 Å². The van der Waals surface area contributed by atoms with E-state index in [1.807, 2.05) is 5.32 Å². The summed E-state index contributed by atoms with van der Waals surface area (Å²) in [5.74, 6) is -1.07. The summed E-state index contributed by atoms with van der Waals surface area (Å²) in [5.41, 5.74) is 1.67. The van der Waals surface area contributed by atoms with Crippen molar-refractivity contribution in [3.05, 3.63) is 65.8 Å². The van der Waals surface area contributed by atoms with Gasteiger partial charge in [-0.2, -0.15) is 13.2 Å². The Bertz CT molecular complexity index is 988. The van der Waals surface area contributed by atoms with Crippen LogP contribution in [0.25, 0.3) is 11.3 Å². The number of hydrogen-bond acceptors (Lipinski definition) is 6. The fourth-order valence-corrected chi connectivity index (χ4v) is 2.36. The summed E-state index contributed by atoms with van der Waals surface area (Å²) in [4.78, 5) is 15.8. The van der Waals surface area contributed by atoms with Crippen LogP contribution in [0.2, 0.25) is 0 Å². The number of rotatable bonds is 7. The second-order valence-corrected chi connectivity index (χ2v) is 6.14. The van der Waals surface area contributed by atoms with Gasteiger partial charge in [-0.25, -0.2) is 9.37 Å². The van der Waals surface area contributed by atoms with Crippen LogP contribution in [0.5, 0.6) is 5.88 Å². The third-order valence-corrected chi connectivity index (χ3v) is 3.97. The molecular formula is C19H15F4N3O4. The van der Waals surface area contributed by atoms with Crippen LogP contribution in [0.1, 0.15) is 15.9 Å². The first kappa shape index (κ1) is 21.2. The topological polar surface area (TPSA) is 97.5 Å². The fourth-order valence-electron chi connectivity index (χ4n) is 2.36. The Morgan fingerprint density at radius 3 is 2.57 bits per heavy atom. The molecule has 0 saturated heterocycles. The lowest BCUT2D eigenvalue weighted by atomic mass is 10.1. The number of alkyl halides is 3. The van der Waals surface area contributed by atoms with Gasteiger partial charge in [-0.1, -0.05) is 5.16 Å². The maximum absolute atomic E-state index is 13.1. The van der Waals surface area contributed by atoms with E-state index in [-0.39, 0.29) is 23.9 Å². The number of aliphatic hydroxyl groups excluding tert-OH is 1. The van der Waals surface area contributed by atoms with Crippen molar-refractivity contribution in [3.8, 4) is 17.1 Å². The molecule has 2 aromatic heterocycles. The van der Waals surface area contributed by atoms with E-state index in [4.69, 9.17) is 14.4 Å². The molecule has 0 bridgehead atoms. The second kappa shape index (κ2) is 8.91. The van der Waals surface area contributed by atoms with Gasteiger partial charge < -0.3 is 19.7 Å². The Kier molecular flexibility index (Phi) is 6.31. The molecule has 0 aliphatic carbocycles. The summed E-state index contributed by atoms with van der Waals surface area (Å²) < 4.78 is 60.3. The lowest BCUT2D eigenvalue weighted by molar-refractivity contribution is -0.201.